The molecule has 0 bridgehead atoms. The molecule has 1 saturated heterocycles. The highest BCUT2D eigenvalue weighted by Gasteiger charge is 2.33. The Kier molecular flexibility index (Phi) is 0.835. The highest BCUT2D eigenvalue weighted by molar-refractivity contribution is 5.18. The van der Waals surface area contributed by atoms with E-state index in [1.165, 1.54) is 0 Å². The smallest absolute Gasteiger partial charge is 0.227 e. The van der Waals surface area contributed by atoms with Crippen LogP contribution in [0.2, 0.25) is 0 Å². The molecule has 2 rings (SSSR count). The molecule has 1 N–H and O–H groups in total. The summed E-state index contributed by atoms with van der Waals surface area (Å²) in [5, 5.41) is 3.13. The topological polar surface area (TPSA) is 24.6 Å². The second-order valence-electron chi connectivity index (χ2n) is 2.39. The molecule has 2 aliphatic rings. The highest BCUT2D eigenvalue weighted by Crippen LogP contribution is 2.29. The molecule has 0 radical (unpaired) electrons. The molecule has 0 amide bonds. The van der Waals surface area contributed by atoms with Crippen molar-refractivity contribution in [2.45, 2.75) is 19.1 Å². The summed E-state index contributed by atoms with van der Waals surface area (Å²) < 4.78 is 5.12. The predicted octanol–water partition coefficient (Wildman–Crippen LogP) is 1.12. The van der Waals surface area contributed by atoms with Gasteiger partial charge in [-0.1, -0.05) is 6.58 Å². The zero-order valence-electron chi connectivity index (χ0n) is 5.18. The molecule has 0 spiro atoms. The molecule has 0 aliphatic carbocycles. The van der Waals surface area contributed by atoms with Crippen LogP contribution in [0.4, 0.5) is 0 Å². The van der Waals surface area contributed by atoms with Crippen molar-refractivity contribution in [1.82, 2.24) is 5.32 Å². The molecule has 48 valence electrons. The van der Waals surface area contributed by atoms with Crippen LogP contribution in [-0.2, 0) is 4.74 Å². The van der Waals surface area contributed by atoms with E-state index in [0.29, 0.717) is 0 Å². The first-order valence-electron chi connectivity index (χ1n) is 3.17. The van der Waals surface area contributed by atoms with Crippen LogP contribution in [0.15, 0.2) is 24.1 Å². The lowest BCUT2D eigenvalue weighted by atomic mass is 10.3. The van der Waals surface area contributed by atoms with Crippen molar-refractivity contribution in [1.29, 1.82) is 0 Å². The molecule has 1 atom stereocenters. The molecular weight excluding hydrogens is 114 g/mol. The number of rotatable bonds is 0. The van der Waals surface area contributed by atoms with Crippen molar-refractivity contribution in [2.75, 3.05) is 0 Å². The zero-order chi connectivity index (χ0) is 6.27. The number of epoxide rings is 1. The van der Waals surface area contributed by atoms with Gasteiger partial charge >= 0.3 is 0 Å². The molecule has 0 saturated carbocycles. The van der Waals surface area contributed by atoms with Crippen molar-refractivity contribution in [3.05, 3.63) is 24.1 Å². The Labute approximate surface area is 54.2 Å². The lowest BCUT2D eigenvalue weighted by molar-refractivity contribution is 0.394. The molecule has 2 heteroatoms. The van der Waals surface area contributed by atoms with Crippen molar-refractivity contribution in [3.63, 3.8) is 0 Å². The zero-order valence-corrected chi connectivity index (χ0v) is 5.18. The molecule has 0 aromatic heterocycles. The molecule has 0 aromatic rings. The maximum Gasteiger partial charge on any atom is 0.227 e. The maximum absolute atomic E-state index is 5.12. The van der Waals surface area contributed by atoms with Gasteiger partial charge in [0.25, 0.3) is 0 Å². The lowest BCUT2D eigenvalue weighted by Gasteiger charge is -2.00. The number of hydrogen-bond donors (Lipinski definition) is 1. The highest BCUT2D eigenvalue weighted by atomic mass is 16.6. The van der Waals surface area contributed by atoms with Gasteiger partial charge in [0.05, 0.1) is 0 Å². The Balaban J connectivity index is 2.12. The summed E-state index contributed by atoms with van der Waals surface area (Å²) in [6.45, 7) is 3.83. The van der Waals surface area contributed by atoms with Crippen LogP contribution in [-0.4, -0.2) is 6.23 Å². The van der Waals surface area contributed by atoms with Crippen LogP contribution in [0.5, 0.6) is 0 Å². The van der Waals surface area contributed by atoms with Gasteiger partial charge in [-0.15, -0.1) is 0 Å². The number of fused-ring (bicyclic) bond motifs is 1. The Morgan fingerprint density at radius 2 is 2.67 bits per heavy atom. The molecule has 1 fully saturated rings. The van der Waals surface area contributed by atoms with E-state index >= 15 is 0 Å². The number of ether oxygens (including phenoxy) is 1. The van der Waals surface area contributed by atoms with Crippen molar-refractivity contribution >= 4 is 0 Å². The SMILES string of the molecule is C=C1CCC=C2OC2N1. The summed E-state index contributed by atoms with van der Waals surface area (Å²) in [7, 11) is 0. The quantitative estimate of drug-likeness (QED) is 0.488. The molecule has 2 nitrogen and oxygen atoms in total. The summed E-state index contributed by atoms with van der Waals surface area (Å²) in [6, 6.07) is 0. The average molecular weight is 123 g/mol. The number of nitrogens with one attached hydrogen (secondary N) is 1. The van der Waals surface area contributed by atoms with Gasteiger partial charge in [-0.25, -0.2) is 0 Å². The van der Waals surface area contributed by atoms with Crippen LogP contribution in [0.3, 0.4) is 0 Å². The Morgan fingerprint density at radius 3 is 3.56 bits per heavy atom. The van der Waals surface area contributed by atoms with Crippen LogP contribution < -0.4 is 5.32 Å². The monoisotopic (exact) mass is 123 g/mol. The molecule has 2 aliphatic heterocycles. The van der Waals surface area contributed by atoms with Gasteiger partial charge in [0.1, 0.15) is 0 Å². The van der Waals surface area contributed by atoms with Gasteiger partial charge in [0.15, 0.2) is 5.76 Å². The van der Waals surface area contributed by atoms with E-state index in [2.05, 4.69) is 18.0 Å². The first-order valence-corrected chi connectivity index (χ1v) is 3.17. The Hall–Kier alpha value is -0.920. The summed E-state index contributed by atoms with van der Waals surface area (Å²) in [5.41, 5.74) is 1.09. The fraction of sp³-hybridized carbons (Fsp3) is 0.429. The first-order chi connectivity index (χ1) is 4.36. The Morgan fingerprint density at radius 1 is 1.78 bits per heavy atom. The second kappa shape index (κ2) is 1.53. The van der Waals surface area contributed by atoms with E-state index in [9.17, 15) is 0 Å². The normalized spacial score (nSPS) is 30.9. The van der Waals surface area contributed by atoms with E-state index < -0.39 is 0 Å². The van der Waals surface area contributed by atoms with Gasteiger partial charge in [0.2, 0.25) is 6.23 Å². The van der Waals surface area contributed by atoms with E-state index in [4.69, 9.17) is 4.74 Å². The number of hydrogen-bond acceptors (Lipinski definition) is 2. The first kappa shape index (κ1) is 4.91. The maximum atomic E-state index is 5.12. The minimum atomic E-state index is 0.181. The lowest BCUT2D eigenvalue weighted by Crippen LogP contribution is -2.13. The minimum absolute atomic E-state index is 0.181. The molecule has 1 unspecified atom stereocenters. The van der Waals surface area contributed by atoms with E-state index in [-0.39, 0.29) is 6.23 Å². The van der Waals surface area contributed by atoms with E-state index in [1.54, 1.807) is 0 Å². The van der Waals surface area contributed by atoms with Crippen LogP contribution >= 0.6 is 0 Å². The molecule has 9 heavy (non-hydrogen) atoms. The van der Waals surface area contributed by atoms with Crippen molar-refractivity contribution in [3.8, 4) is 0 Å². The third-order valence-electron chi connectivity index (χ3n) is 1.58. The summed E-state index contributed by atoms with van der Waals surface area (Å²) in [5.74, 6) is 1.09. The molecule has 2 heterocycles. The van der Waals surface area contributed by atoms with Crippen LogP contribution in [0.25, 0.3) is 0 Å². The second-order valence-corrected chi connectivity index (χ2v) is 2.39. The van der Waals surface area contributed by atoms with Gasteiger partial charge in [-0.2, -0.15) is 0 Å². The fourth-order valence-corrected chi connectivity index (χ4v) is 1.00. The fourth-order valence-electron chi connectivity index (χ4n) is 1.00. The molecule has 0 aromatic carbocycles. The summed E-state index contributed by atoms with van der Waals surface area (Å²) in [4.78, 5) is 0. The Bertz CT molecular complexity index is 183. The summed E-state index contributed by atoms with van der Waals surface area (Å²) >= 11 is 0. The molecular formula is C7H9NO. The van der Waals surface area contributed by atoms with Gasteiger partial charge in [0, 0.05) is 5.70 Å². The van der Waals surface area contributed by atoms with Crippen molar-refractivity contribution in [2.24, 2.45) is 0 Å². The van der Waals surface area contributed by atoms with Crippen LogP contribution in [0, 0.1) is 0 Å². The third-order valence-corrected chi connectivity index (χ3v) is 1.58. The van der Waals surface area contributed by atoms with Gasteiger partial charge in [-0.3, -0.25) is 0 Å². The van der Waals surface area contributed by atoms with E-state index in [0.717, 1.165) is 24.3 Å². The minimum Gasteiger partial charge on any atom is -0.462 e. The standard InChI is InChI=1S/C7H9NO/c1-5-3-2-4-6-7(8-5)9-6/h4,7-8H,1-3H2. The number of allylic oxidation sites excluding steroid dienone is 2. The predicted molar refractivity (Wildman–Crippen MR) is 34.5 cm³/mol. The van der Waals surface area contributed by atoms with Gasteiger partial charge in [-0.05, 0) is 18.9 Å². The van der Waals surface area contributed by atoms with Crippen LogP contribution in [0.1, 0.15) is 12.8 Å². The van der Waals surface area contributed by atoms with Gasteiger partial charge < -0.3 is 10.1 Å². The summed E-state index contributed by atoms with van der Waals surface area (Å²) in [6.07, 6.45) is 4.41. The van der Waals surface area contributed by atoms with E-state index in [1.807, 2.05) is 0 Å². The average Bonchev–Trinajstić information content (AvgIpc) is 2.43. The largest absolute Gasteiger partial charge is 0.462 e. The third kappa shape index (κ3) is 0.803. The van der Waals surface area contributed by atoms with Crippen molar-refractivity contribution < 1.29 is 4.74 Å².